The standard InChI is InChI=1S/C8H12N4/c1-2-6(1)12-5-10-11-8(12)7-3-4-9-7/h5-7,9H,1-4H2. The molecular weight excluding hydrogens is 152 g/mol. The Labute approximate surface area is 71.0 Å². The Morgan fingerprint density at radius 2 is 2.25 bits per heavy atom. The van der Waals surface area contributed by atoms with Crippen LogP contribution in [0.2, 0.25) is 0 Å². The molecule has 1 atom stereocenters. The first-order valence-corrected chi connectivity index (χ1v) is 4.58. The van der Waals surface area contributed by atoms with E-state index in [-0.39, 0.29) is 0 Å². The van der Waals surface area contributed by atoms with Crippen molar-refractivity contribution in [2.24, 2.45) is 0 Å². The Morgan fingerprint density at radius 3 is 2.83 bits per heavy atom. The maximum atomic E-state index is 4.15. The topological polar surface area (TPSA) is 42.7 Å². The fraction of sp³-hybridized carbons (Fsp3) is 0.750. The molecule has 1 saturated carbocycles. The molecule has 0 spiro atoms. The van der Waals surface area contributed by atoms with E-state index in [4.69, 9.17) is 0 Å². The van der Waals surface area contributed by atoms with Crippen LogP contribution in [0, 0.1) is 0 Å². The highest BCUT2D eigenvalue weighted by Gasteiger charge is 2.31. The molecular formula is C8H12N4. The van der Waals surface area contributed by atoms with Gasteiger partial charge in [0.25, 0.3) is 0 Å². The summed E-state index contributed by atoms with van der Waals surface area (Å²) in [5.74, 6) is 1.14. The van der Waals surface area contributed by atoms with Gasteiger partial charge in [0.1, 0.15) is 12.2 Å². The zero-order valence-corrected chi connectivity index (χ0v) is 6.90. The lowest BCUT2D eigenvalue weighted by atomic mass is 10.1. The second kappa shape index (κ2) is 2.29. The van der Waals surface area contributed by atoms with E-state index in [1.807, 2.05) is 6.33 Å². The van der Waals surface area contributed by atoms with Crippen LogP contribution >= 0.6 is 0 Å². The van der Waals surface area contributed by atoms with Gasteiger partial charge in [-0.05, 0) is 25.8 Å². The molecule has 3 rings (SSSR count). The summed E-state index contributed by atoms with van der Waals surface area (Å²) in [7, 11) is 0. The van der Waals surface area contributed by atoms with E-state index in [2.05, 4.69) is 20.1 Å². The van der Waals surface area contributed by atoms with Crippen LogP contribution in [0.3, 0.4) is 0 Å². The third-order valence-corrected chi connectivity index (χ3v) is 2.68. The van der Waals surface area contributed by atoms with Gasteiger partial charge in [0.2, 0.25) is 0 Å². The number of hydrogen-bond donors (Lipinski definition) is 1. The van der Waals surface area contributed by atoms with Crippen LogP contribution in [-0.4, -0.2) is 21.3 Å². The predicted octanol–water partition coefficient (Wildman–Crippen LogP) is 0.647. The van der Waals surface area contributed by atoms with Gasteiger partial charge in [0.15, 0.2) is 0 Å². The molecule has 0 aromatic carbocycles. The molecule has 1 aromatic rings. The van der Waals surface area contributed by atoms with Crippen molar-refractivity contribution in [3.05, 3.63) is 12.2 Å². The van der Waals surface area contributed by atoms with Gasteiger partial charge >= 0.3 is 0 Å². The van der Waals surface area contributed by atoms with Gasteiger partial charge in [-0.1, -0.05) is 0 Å². The fourth-order valence-corrected chi connectivity index (χ4v) is 1.64. The Balaban J connectivity index is 1.91. The van der Waals surface area contributed by atoms with Crippen LogP contribution in [0.4, 0.5) is 0 Å². The average Bonchev–Trinajstić information content (AvgIpc) is 2.70. The summed E-state index contributed by atoms with van der Waals surface area (Å²) in [6.07, 6.45) is 5.69. The minimum atomic E-state index is 0.480. The van der Waals surface area contributed by atoms with Gasteiger partial charge in [0, 0.05) is 6.04 Å². The highest BCUT2D eigenvalue weighted by atomic mass is 15.3. The molecule has 12 heavy (non-hydrogen) atoms. The van der Waals surface area contributed by atoms with Crippen molar-refractivity contribution in [3.63, 3.8) is 0 Å². The summed E-state index contributed by atoms with van der Waals surface area (Å²) in [5, 5.41) is 11.5. The maximum Gasteiger partial charge on any atom is 0.150 e. The second-order valence-corrected chi connectivity index (χ2v) is 3.62. The molecule has 0 bridgehead atoms. The summed E-state index contributed by atoms with van der Waals surface area (Å²) in [6.45, 7) is 1.13. The molecule has 4 heteroatoms. The van der Waals surface area contributed by atoms with E-state index in [1.165, 1.54) is 19.3 Å². The lowest BCUT2D eigenvalue weighted by Crippen LogP contribution is -2.36. The zero-order valence-electron chi connectivity index (χ0n) is 6.90. The van der Waals surface area contributed by atoms with Crippen LogP contribution in [0.1, 0.15) is 37.2 Å². The molecule has 1 aliphatic carbocycles. The number of aromatic nitrogens is 3. The number of hydrogen-bond acceptors (Lipinski definition) is 3. The normalized spacial score (nSPS) is 28.5. The summed E-state index contributed by atoms with van der Waals surface area (Å²) >= 11 is 0. The third-order valence-electron chi connectivity index (χ3n) is 2.68. The molecule has 1 unspecified atom stereocenters. The average molecular weight is 164 g/mol. The maximum absolute atomic E-state index is 4.15. The van der Waals surface area contributed by atoms with Crippen molar-refractivity contribution < 1.29 is 0 Å². The molecule has 64 valence electrons. The van der Waals surface area contributed by atoms with Gasteiger partial charge in [-0.25, -0.2) is 0 Å². The largest absolute Gasteiger partial charge is 0.313 e. The Morgan fingerprint density at radius 1 is 1.42 bits per heavy atom. The SMILES string of the molecule is c1nnc(C2CCN2)n1C1CC1. The van der Waals surface area contributed by atoms with Crippen molar-refractivity contribution in [1.29, 1.82) is 0 Å². The number of rotatable bonds is 2. The first kappa shape index (κ1) is 6.60. The van der Waals surface area contributed by atoms with Crippen molar-refractivity contribution >= 4 is 0 Å². The minimum Gasteiger partial charge on any atom is -0.313 e. The third kappa shape index (κ3) is 0.876. The van der Waals surface area contributed by atoms with E-state index in [0.717, 1.165) is 12.4 Å². The minimum absolute atomic E-state index is 0.480. The molecule has 2 fully saturated rings. The summed E-state index contributed by atoms with van der Waals surface area (Å²) < 4.78 is 2.23. The van der Waals surface area contributed by atoms with Crippen molar-refractivity contribution in [1.82, 2.24) is 20.1 Å². The number of nitrogens with one attached hydrogen (secondary N) is 1. The molecule has 2 aliphatic rings. The van der Waals surface area contributed by atoms with Crippen molar-refractivity contribution in [3.8, 4) is 0 Å². The molecule has 0 amide bonds. The van der Waals surface area contributed by atoms with E-state index in [1.54, 1.807) is 0 Å². The van der Waals surface area contributed by atoms with E-state index in [0.29, 0.717) is 12.1 Å². The monoisotopic (exact) mass is 164 g/mol. The molecule has 1 aliphatic heterocycles. The summed E-state index contributed by atoms with van der Waals surface area (Å²) in [5.41, 5.74) is 0. The second-order valence-electron chi connectivity index (χ2n) is 3.62. The summed E-state index contributed by atoms with van der Waals surface area (Å²) in [6, 6.07) is 1.19. The molecule has 2 heterocycles. The quantitative estimate of drug-likeness (QED) is 0.697. The first-order chi connectivity index (χ1) is 5.95. The smallest absolute Gasteiger partial charge is 0.150 e. The van der Waals surface area contributed by atoms with E-state index < -0.39 is 0 Å². The van der Waals surface area contributed by atoms with E-state index >= 15 is 0 Å². The van der Waals surface area contributed by atoms with Crippen LogP contribution < -0.4 is 5.32 Å². The Bertz CT molecular complexity index is 285. The zero-order chi connectivity index (χ0) is 7.97. The number of nitrogens with zero attached hydrogens (tertiary/aromatic N) is 3. The highest BCUT2D eigenvalue weighted by Crippen LogP contribution is 2.37. The molecule has 4 nitrogen and oxygen atoms in total. The van der Waals surface area contributed by atoms with Crippen LogP contribution in [-0.2, 0) is 0 Å². The summed E-state index contributed by atoms with van der Waals surface area (Å²) in [4.78, 5) is 0. The van der Waals surface area contributed by atoms with Crippen LogP contribution in [0.5, 0.6) is 0 Å². The van der Waals surface area contributed by atoms with Gasteiger partial charge in [-0.3, -0.25) is 0 Å². The van der Waals surface area contributed by atoms with Crippen molar-refractivity contribution in [2.75, 3.05) is 6.54 Å². The first-order valence-electron chi connectivity index (χ1n) is 4.58. The fourth-order valence-electron chi connectivity index (χ4n) is 1.64. The van der Waals surface area contributed by atoms with Crippen LogP contribution in [0.15, 0.2) is 6.33 Å². The van der Waals surface area contributed by atoms with Gasteiger partial charge < -0.3 is 9.88 Å². The lowest BCUT2D eigenvalue weighted by Gasteiger charge is -2.26. The molecule has 1 N–H and O–H groups in total. The molecule has 1 aromatic heterocycles. The highest BCUT2D eigenvalue weighted by molar-refractivity contribution is 5.03. The Kier molecular flexibility index (Phi) is 1.26. The molecule has 0 radical (unpaired) electrons. The van der Waals surface area contributed by atoms with Gasteiger partial charge in [-0.2, -0.15) is 0 Å². The van der Waals surface area contributed by atoms with E-state index in [9.17, 15) is 0 Å². The van der Waals surface area contributed by atoms with Crippen LogP contribution in [0.25, 0.3) is 0 Å². The molecule has 1 saturated heterocycles. The van der Waals surface area contributed by atoms with Crippen molar-refractivity contribution in [2.45, 2.75) is 31.3 Å². The Hall–Kier alpha value is -0.900. The van der Waals surface area contributed by atoms with Gasteiger partial charge in [-0.15, -0.1) is 10.2 Å². The van der Waals surface area contributed by atoms with Gasteiger partial charge in [0.05, 0.1) is 6.04 Å². The lowest BCUT2D eigenvalue weighted by molar-refractivity contribution is 0.353. The predicted molar refractivity (Wildman–Crippen MR) is 43.7 cm³/mol.